The van der Waals surface area contributed by atoms with Gasteiger partial charge in [0.15, 0.2) is 5.76 Å². The molecule has 0 radical (unpaired) electrons. The van der Waals surface area contributed by atoms with Crippen molar-refractivity contribution in [2.24, 2.45) is 5.73 Å². The summed E-state index contributed by atoms with van der Waals surface area (Å²) in [6.07, 6.45) is 2.12. The molecule has 0 aliphatic heterocycles. The zero-order chi connectivity index (χ0) is 12.7. The van der Waals surface area contributed by atoms with Crippen molar-refractivity contribution in [3.05, 3.63) is 24.2 Å². The Morgan fingerprint density at radius 1 is 1.50 bits per heavy atom. The van der Waals surface area contributed by atoms with Crippen molar-refractivity contribution >= 4 is 24.2 Å². The molecule has 7 heteroatoms. The van der Waals surface area contributed by atoms with Crippen molar-refractivity contribution in [2.45, 2.75) is 19.4 Å². The molecular formula is C11H18ClN3O3. The highest BCUT2D eigenvalue weighted by atomic mass is 35.5. The van der Waals surface area contributed by atoms with E-state index in [0.717, 1.165) is 0 Å². The van der Waals surface area contributed by atoms with Crippen LogP contribution < -0.4 is 16.4 Å². The molecule has 0 saturated heterocycles. The number of hydrogen-bond acceptors (Lipinski definition) is 4. The third-order valence-corrected chi connectivity index (χ3v) is 2.17. The van der Waals surface area contributed by atoms with E-state index in [0.29, 0.717) is 19.5 Å². The van der Waals surface area contributed by atoms with Gasteiger partial charge in [0.25, 0.3) is 5.91 Å². The molecule has 1 atom stereocenters. The van der Waals surface area contributed by atoms with Gasteiger partial charge in [-0.25, -0.2) is 0 Å². The fourth-order valence-electron chi connectivity index (χ4n) is 1.21. The summed E-state index contributed by atoms with van der Waals surface area (Å²) < 4.78 is 4.91. The van der Waals surface area contributed by atoms with Gasteiger partial charge in [-0.05, 0) is 32.0 Å². The Labute approximate surface area is 112 Å². The van der Waals surface area contributed by atoms with Crippen molar-refractivity contribution in [2.75, 3.05) is 13.1 Å². The number of hydrogen-bond donors (Lipinski definition) is 3. The minimum Gasteiger partial charge on any atom is -0.459 e. The second kappa shape index (κ2) is 8.54. The van der Waals surface area contributed by atoms with E-state index in [1.165, 1.54) is 12.3 Å². The summed E-state index contributed by atoms with van der Waals surface area (Å²) in [6, 6.07) is 2.54. The molecule has 1 rings (SSSR count). The molecule has 18 heavy (non-hydrogen) atoms. The summed E-state index contributed by atoms with van der Waals surface area (Å²) in [5.41, 5.74) is 5.30. The fourth-order valence-corrected chi connectivity index (χ4v) is 1.21. The van der Waals surface area contributed by atoms with Gasteiger partial charge < -0.3 is 20.8 Å². The molecule has 1 unspecified atom stereocenters. The average Bonchev–Trinajstić information content (AvgIpc) is 2.82. The molecule has 1 aromatic heterocycles. The Balaban J connectivity index is 0.00000289. The SMILES string of the molecule is CC(NC(=O)c1ccco1)C(=O)NCCCN.Cl. The third kappa shape index (κ3) is 5.20. The predicted octanol–water partition coefficient (Wildman–Crippen LogP) is 0.285. The van der Waals surface area contributed by atoms with E-state index in [1.807, 2.05) is 0 Å². The van der Waals surface area contributed by atoms with Crippen LogP contribution in [0.25, 0.3) is 0 Å². The molecule has 1 aromatic rings. The molecule has 1 heterocycles. The quantitative estimate of drug-likeness (QED) is 0.650. The van der Waals surface area contributed by atoms with E-state index >= 15 is 0 Å². The summed E-state index contributed by atoms with van der Waals surface area (Å²) in [5, 5.41) is 5.20. The lowest BCUT2D eigenvalue weighted by atomic mass is 10.3. The highest BCUT2D eigenvalue weighted by molar-refractivity contribution is 5.95. The molecule has 4 N–H and O–H groups in total. The van der Waals surface area contributed by atoms with Gasteiger partial charge in [-0.1, -0.05) is 0 Å². The van der Waals surface area contributed by atoms with Crippen LogP contribution in [0.2, 0.25) is 0 Å². The van der Waals surface area contributed by atoms with Crippen LogP contribution in [-0.2, 0) is 4.79 Å². The Morgan fingerprint density at radius 3 is 2.78 bits per heavy atom. The van der Waals surface area contributed by atoms with Gasteiger partial charge in [-0.15, -0.1) is 12.4 Å². The van der Waals surface area contributed by atoms with Crippen LogP contribution in [0.5, 0.6) is 0 Å². The van der Waals surface area contributed by atoms with Gasteiger partial charge in [0.2, 0.25) is 5.91 Å². The number of carbonyl (C=O) groups excluding carboxylic acids is 2. The Morgan fingerprint density at radius 2 is 2.22 bits per heavy atom. The highest BCUT2D eigenvalue weighted by Crippen LogP contribution is 1.99. The minimum atomic E-state index is -0.606. The monoisotopic (exact) mass is 275 g/mol. The van der Waals surface area contributed by atoms with Crippen LogP contribution >= 0.6 is 12.4 Å². The summed E-state index contributed by atoms with van der Waals surface area (Å²) in [4.78, 5) is 23.1. The lowest BCUT2D eigenvalue weighted by Gasteiger charge is -2.12. The molecule has 2 amide bonds. The topological polar surface area (TPSA) is 97.4 Å². The van der Waals surface area contributed by atoms with Crippen molar-refractivity contribution in [3.8, 4) is 0 Å². The first-order chi connectivity index (χ1) is 8.15. The number of carbonyl (C=O) groups is 2. The van der Waals surface area contributed by atoms with E-state index in [4.69, 9.17) is 10.2 Å². The Kier molecular flexibility index (Phi) is 7.82. The molecule has 0 aromatic carbocycles. The van der Waals surface area contributed by atoms with Crippen LogP contribution in [0, 0.1) is 0 Å². The molecule has 0 saturated carbocycles. The smallest absolute Gasteiger partial charge is 0.287 e. The summed E-state index contributed by atoms with van der Waals surface area (Å²) in [5.74, 6) is -0.457. The molecular weight excluding hydrogens is 258 g/mol. The normalized spacial score (nSPS) is 11.2. The van der Waals surface area contributed by atoms with Crippen LogP contribution in [0.3, 0.4) is 0 Å². The minimum absolute atomic E-state index is 0. The van der Waals surface area contributed by atoms with E-state index in [9.17, 15) is 9.59 Å². The van der Waals surface area contributed by atoms with Gasteiger partial charge in [-0.2, -0.15) is 0 Å². The van der Waals surface area contributed by atoms with Crippen molar-refractivity contribution < 1.29 is 14.0 Å². The molecule has 0 spiro atoms. The van der Waals surface area contributed by atoms with Crippen molar-refractivity contribution in [3.63, 3.8) is 0 Å². The number of nitrogens with two attached hydrogens (primary N) is 1. The van der Waals surface area contributed by atoms with Crippen molar-refractivity contribution in [1.82, 2.24) is 10.6 Å². The lowest BCUT2D eigenvalue weighted by molar-refractivity contribution is -0.122. The number of rotatable bonds is 6. The zero-order valence-corrected chi connectivity index (χ0v) is 11.0. The van der Waals surface area contributed by atoms with E-state index < -0.39 is 11.9 Å². The molecule has 0 aliphatic carbocycles. The Bertz CT molecular complexity index is 368. The van der Waals surface area contributed by atoms with Crippen LogP contribution in [-0.4, -0.2) is 30.9 Å². The predicted molar refractivity (Wildman–Crippen MR) is 69.6 cm³/mol. The molecule has 0 aliphatic rings. The van der Waals surface area contributed by atoms with Gasteiger partial charge in [0.1, 0.15) is 6.04 Å². The number of amides is 2. The first kappa shape index (κ1) is 16.5. The van der Waals surface area contributed by atoms with Gasteiger partial charge in [-0.3, -0.25) is 9.59 Å². The van der Waals surface area contributed by atoms with Crippen LogP contribution in [0.1, 0.15) is 23.9 Å². The van der Waals surface area contributed by atoms with Crippen LogP contribution in [0.4, 0.5) is 0 Å². The number of halogens is 1. The fraction of sp³-hybridized carbons (Fsp3) is 0.455. The summed E-state index contributed by atoms with van der Waals surface area (Å²) >= 11 is 0. The van der Waals surface area contributed by atoms with E-state index in [1.54, 1.807) is 13.0 Å². The summed E-state index contributed by atoms with van der Waals surface area (Å²) in [7, 11) is 0. The maximum Gasteiger partial charge on any atom is 0.287 e. The molecule has 6 nitrogen and oxygen atoms in total. The first-order valence-corrected chi connectivity index (χ1v) is 5.47. The Hall–Kier alpha value is -1.53. The van der Waals surface area contributed by atoms with Gasteiger partial charge in [0.05, 0.1) is 6.26 Å². The molecule has 102 valence electrons. The van der Waals surface area contributed by atoms with E-state index in [2.05, 4.69) is 10.6 Å². The molecule has 0 bridgehead atoms. The summed E-state index contributed by atoms with van der Waals surface area (Å²) in [6.45, 7) is 2.64. The maximum absolute atomic E-state index is 11.5. The first-order valence-electron chi connectivity index (χ1n) is 5.47. The van der Waals surface area contributed by atoms with Gasteiger partial charge in [0, 0.05) is 6.54 Å². The zero-order valence-electron chi connectivity index (χ0n) is 10.1. The third-order valence-electron chi connectivity index (χ3n) is 2.17. The standard InChI is InChI=1S/C11H17N3O3.ClH/c1-8(10(15)13-6-3-5-12)14-11(16)9-4-2-7-17-9;/h2,4,7-8H,3,5-6,12H2,1H3,(H,13,15)(H,14,16);1H. The van der Waals surface area contributed by atoms with Crippen molar-refractivity contribution in [1.29, 1.82) is 0 Å². The largest absolute Gasteiger partial charge is 0.459 e. The number of furan rings is 1. The second-order valence-electron chi connectivity index (χ2n) is 3.61. The van der Waals surface area contributed by atoms with Crippen LogP contribution in [0.15, 0.2) is 22.8 Å². The maximum atomic E-state index is 11.5. The second-order valence-corrected chi connectivity index (χ2v) is 3.61. The average molecular weight is 276 g/mol. The van der Waals surface area contributed by atoms with Gasteiger partial charge >= 0.3 is 0 Å². The highest BCUT2D eigenvalue weighted by Gasteiger charge is 2.17. The van der Waals surface area contributed by atoms with E-state index in [-0.39, 0.29) is 24.1 Å². The molecule has 0 fully saturated rings. The lowest BCUT2D eigenvalue weighted by Crippen LogP contribution is -2.45. The number of nitrogens with one attached hydrogen (secondary N) is 2.